The minimum absolute atomic E-state index is 0.0796. The quantitative estimate of drug-likeness (QED) is 0.836. The van der Waals surface area contributed by atoms with Gasteiger partial charge >= 0.3 is 0 Å². The summed E-state index contributed by atoms with van der Waals surface area (Å²) in [5, 5.41) is 0. The van der Waals surface area contributed by atoms with Crippen LogP contribution in [0.4, 0.5) is 0 Å². The van der Waals surface area contributed by atoms with Gasteiger partial charge in [0.05, 0.1) is 13.2 Å². The molecule has 0 spiro atoms. The first-order chi connectivity index (χ1) is 10.2. The number of nitrogens with zero attached hydrogens (tertiary/aromatic N) is 1. The zero-order valence-electron chi connectivity index (χ0n) is 12.7. The molecule has 0 heterocycles. The number of benzene rings is 1. The van der Waals surface area contributed by atoms with Crippen molar-refractivity contribution in [3.63, 3.8) is 0 Å². The van der Waals surface area contributed by atoms with E-state index in [1.165, 1.54) is 0 Å². The molecule has 0 atom stereocenters. The number of nitrogens with two attached hydrogens (primary N) is 1. The van der Waals surface area contributed by atoms with Crippen molar-refractivity contribution in [2.24, 2.45) is 5.73 Å². The Balaban J connectivity index is 2.16. The molecule has 0 radical (unpaired) electrons. The largest absolute Gasteiger partial charge is 0.383 e. The first-order valence-electron chi connectivity index (χ1n) is 7.27. The molecule has 21 heavy (non-hydrogen) atoms. The van der Waals surface area contributed by atoms with E-state index in [9.17, 15) is 4.79 Å². The summed E-state index contributed by atoms with van der Waals surface area (Å²) in [5.74, 6) is 5.94. The second-order valence-corrected chi connectivity index (χ2v) is 5.26. The van der Waals surface area contributed by atoms with Crippen LogP contribution >= 0.6 is 0 Å². The molecule has 4 heteroatoms. The Bertz CT molecular complexity index is 568. The molecule has 4 nitrogen and oxygen atoms in total. The molecule has 1 aliphatic rings. The van der Waals surface area contributed by atoms with Crippen molar-refractivity contribution in [3.8, 4) is 11.8 Å². The highest BCUT2D eigenvalue weighted by Gasteiger charge is 2.32. The van der Waals surface area contributed by atoms with Crippen LogP contribution in [0.15, 0.2) is 18.2 Å². The lowest BCUT2D eigenvalue weighted by Crippen LogP contribution is -2.35. The van der Waals surface area contributed by atoms with Gasteiger partial charge in [-0.2, -0.15) is 0 Å². The zero-order chi connectivity index (χ0) is 15.2. The predicted octanol–water partition coefficient (Wildman–Crippen LogP) is 1.56. The SMILES string of the molecule is COCCN(C(=O)c1ccc(C#CCN)c(C)c1)C1CC1. The standard InChI is InChI=1S/C17H22N2O2/c1-13-12-15(6-5-14(13)4-3-9-18)17(20)19(10-11-21-2)16-7-8-16/h5-6,12,16H,7-11,18H2,1-2H3. The highest BCUT2D eigenvalue weighted by Crippen LogP contribution is 2.28. The smallest absolute Gasteiger partial charge is 0.254 e. The molecule has 0 saturated heterocycles. The molecule has 1 aliphatic carbocycles. The third kappa shape index (κ3) is 4.07. The van der Waals surface area contributed by atoms with Crippen LogP contribution in [0.1, 0.15) is 34.3 Å². The van der Waals surface area contributed by atoms with Crippen LogP contribution in [0.2, 0.25) is 0 Å². The number of rotatable bonds is 5. The van der Waals surface area contributed by atoms with Gasteiger partial charge in [0, 0.05) is 30.8 Å². The van der Waals surface area contributed by atoms with Crippen molar-refractivity contribution in [1.29, 1.82) is 0 Å². The third-order valence-electron chi connectivity index (χ3n) is 3.58. The Morgan fingerprint density at radius 2 is 2.24 bits per heavy atom. The van der Waals surface area contributed by atoms with Crippen LogP contribution in [0, 0.1) is 18.8 Å². The van der Waals surface area contributed by atoms with Crippen LogP contribution in [-0.4, -0.2) is 43.7 Å². The average Bonchev–Trinajstić information content (AvgIpc) is 3.31. The maximum atomic E-state index is 12.6. The average molecular weight is 286 g/mol. The lowest BCUT2D eigenvalue weighted by atomic mass is 10.0. The fourth-order valence-corrected chi connectivity index (χ4v) is 2.27. The summed E-state index contributed by atoms with van der Waals surface area (Å²) in [6, 6.07) is 6.03. The molecular weight excluding hydrogens is 264 g/mol. The van der Waals surface area contributed by atoms with Crippen LogP contribution in [0.5, 0.6) is 0 Å². The van der Waals surface area contributed by atoms with Gasteiger partial charge in [-0.25, -0.2) is 0 Å². The van der Waals surface area contributed by atoms with Crippen LogP contribution in [-0.2, 0) is 4.74 Å². The van der Waals surface area contributed by atoms with Gasteiger partial charge < -0.3 is 15.4 Å². The summed E-state index contributed by atoms with van der Waals surface area (Å²) >= 11 is 0. The number of amides is 1. The molecule has 1 aromatic carbocycles. The van der Waals surface area contributed by atoms with E-state index < -0.39 is 0 Å². The summed E-state index contributed by atoms with van der Waals surface area (Å²) in [6.07, 6.45) is 2.18. The number of aryl methyl sites for hydroxylation is 1. The number of ether oxygens (including phenoxy) is 1. The van der Waals surface area contributed by atoms with E-state index in [2.05, 4.69) is 11.8 Å². The Hall–Kier alpha value is -1.83. The highest BCUT2D eigenvalue weighted by atomic mass is 16.5. The fourth-order valence-electron chi connectivity index (χ4n) is 2.27. The maximum absolute atomic E-state index is 12.6. The minimum atomic E-state index is 0.0796. The minimum Gasteiger partial charge on any atom is -0.383 e. The molecule has 0 aliphatic heterocycles. The number of hydrogen-bond acceptors (Lipinski definition) is 3. The molecule has 2 N–H and O–H groups in total. The molecule has 1 fully saturated rings. The van der Waals surface area contributed by atoms with Crippen LogP contribution in [0.3, 0.4) is 0 Å². The van der Waals surface area contributed by atoms with E-state index in [1.807, 2.05) is 30.0 Å². The van der Waals surface area contributed by atoms with Crippen LogP contribution < -0.4 is 5.73 Å². The lowest BCUT2D eigenvalue weighted by Gasteiger charge is -2.22. The summed E-state index contributed by atoms with van der Waals surface area (Å²) < 4.78 is 5.10. The summed E-state index contributed by atoms with van der Waals surface area (Å²) in [7, 11) is 1.66. The van der Waals surface area contributed by atoms with E-state index >= 15 is 0 Å². The van der Waals surface area contributed by atoms with Crippen molar-refractivity contribution in [1.82, 2.24) is 4.90 Å². The number of carbonyl (C=O) groups is 1. The van der Waals surface area contributed by atoms with E-state index in [4.69, 9.17) is 10.5 Å². The van der Waals surface area contributed by atoms with Gasteiger partial charge in [0.1, 0.15) is 0 Å². The van der Waals surface area contributed by atoms with E-state index in [0.29, 0.717) is 31.3 Å². The number of carbonyl (C=O) groups excluding carboxylic acids is 1. The summed E-state index contributed by atoms with van der Waals surface area (Å²) in [5.41, 5.74) is 8.03. The molecular formula is C17H22N2O2. The van der Waals surface area contributed by atoms with Gasteiger partial charge in [0.2, 0.25) is 0 Å². The Labute approximate surface area is 126 Å². The van der Waals surface area contributed by atoms with Crippen molar-refractivity contribution >= 4 is 5.91 Å². The Kier molecular flexibility index (Phi) is 5.38. The van der Waals surface area contributed by atoms with Gasteiger partial charge in [-0.3, -0.25) is 4.79 Å². The second kappa shape index (κ2) is 7.26. The van der Waals surface area contributed by atoms with Gasteiger partial charge in [0.15, 0.2) is 0 Å². The third-order valence-corrected chi connectivity index (χ3v) is 3.58. The van der Waals surface area contributed by atoms with Gasteiger partial charge in [-0.15, -0.1) is 0 Å². The second-order valence-electron chi connectivity index (χ2n) is 5.26. The molecule has 1 amide bonds. The van der Waals surface area contributed by atoms with Crippen molar-refractivity contribution < 1.29 is 9.53 Å². The first kappa shape index (κ1) is 15.6. The van der Waals surface area contributed by atoms with Gasteiger partial charge in [-0.05, 0) is 43.5 Å². The maximum Gasteiger partial charge on any atom is 0.254 e. The summed E-state index contributed by atoms with van der Waals surface area (Å²) in [4.78, 5) is 14.5. The van der Waals surface area contributed by atoms with Gasteiger partial charge in [-0.1, -0.05) is 11.8 Å². The molecule has 112 valence electrons. The molecule has 0 aromatic heterocycles. The predicted molar refractivity (Wildman–Crippen MR) is 83.0 cm³/mol. The van der Waals surface area contributed by atoms with E-state index in [-0.39, 0.29) is 5.91 Å². The number of methoxy groups -OCH3 is 1. The van der Waals surface area contributed by atoms with E-state index in [1.54, 1.807) is 7.11 Å². The fraction of sp³-hybridized carbons (Fsp3) is 0.471. The van der Waals surface area contributed by atoms with Crippen molar-refractivity contribution in [2.45, 2.75) is 25.8 Å². The summed E-state index contributed by atoms with van der Waals surface area (Å²) in [6.45, 7) is 3.52. The van der Waals surface area contributed by atoms with E-state index in [0.717, 1.165) is 24.0 Å². The highest BCUT2D eigenvalue weighted by molar-refractivity contribution is 5.95. The topological polar surface area (TPSA) is 55.6 Å². The Morgan fingerprint density at radius 1 is 1.48 bits per heavy atom. The van der Waals surface area contributed by atoms with Gasteiger partial charge in [0.25, 0.3) is 5.91 Å². The first-order valence-corrected chi connectivity index (χ1v) is 7.27. The molecule has 0 bridgehead atoms. The monoisotopic (exact) mass is 286 g/mol. The molecule has 1 aromatic rings. The van der Waals surface area contributed by atoms with Crippen molar-refractivity contribution in [2.75, 3.05) is 26.8 Å². The number of hydrogen-bond donors (Lipinski definition) is 1. The zero-order valence-corrected chi connectivity index (χ0v) is 12.7. The van der Waals surface area contributed by atoms with Crippen molar-refractivity contribution in [3.05, 3.63) is 34.9 Å². The lowest BCUT2D eigenvalue weighted by molar-refractivity contribution is 0.0680. The molecule has 1 saturated carbocycles. The van der Waals surface area contributed by atoms with Crippen LogP contribution in [0.25, 0.3) is 0 Å². The normalized spacial score (nSPS) is 13.5. The molecule has 2 rings (SSSR count). The molecule has 0 unspecified atom stereocenters. The Morgan fingerprint density at radius 3 is 2.81 bits per heavy atom.